The van der Waals surface area contributed by atoms with E-state index in [2.05, 4.69) is 15.1 Å². The average molecular weight is 461 g/mol. The summed E-state index contributed by atoms with van der Waals surface area (Å²) in [7, 11) is 0. The molecule has 0 aromatic heterocycles. The van der Waals surface area contributed by atoms with E-state index in [4.69, 9.17) is 17.2 Å². The Balaban J connectivity index is -0.000000205. The number of unbranched alkanes of at least 4 members (excludes halogenated alkanes) is 4. The number of hydroxylamine groups is 1. The van der Waals surface area contributed by atoms with Gasteiger partial charge in [-0.1, -0.05) is 20.3 Å². The first kappa shape index (κ1) is 36.6. The molecule has 0 aliphatic heterocycles. The van der Waals surface area contributed by atoms with Crippen LogP contribution in [0, 0.1) is 0 Å². The van der Waals surface area contributed by atoms with Gasteiger partial charge in [0.15, 0.2) is 0 Å². The molecule has 172 valence electrons. The molecule has 0 aromatic carbocycles. The van der Waals surface area contributed by atoms with E-state index in [0.29, 0.717) is 32.3 Å². The van der Waals surface area contributed by atoms with E-state index in [1.54, 1.807) is 0 Å². The topological polar surface area (TPSA) is 200 Å². The van der Waals surface area contributed by atoms with Crippen LogP contribution < -0.4 is 79.2 Å². The van der Waals surface area contributed by atoms with Gasteiger partial charge in [-0.05, 0) is 32.1 Å². The molecular weight excluding hydrogens is 423 g/mol. The van der Waals surface area contributed by atoms with Crippen molar-refractivity contribution in [3.8, 4) is 0 Å². The van der Waals surface area contributed by atoms with Gasteiger partial charge in [-0.2, -0.15) is 5.48 Å². The second kappa shape index (κ2) is 30.4. The van der Waals surface area contributed by atoms with Crippen LogP contribution in [0.25, 0.3) is 0 Å². The van der Waals surface area contributed by atoms with Gasteiger partial charge in [-0.3, -0.25) is 14.4 Å². The van der Waals surface area contributed by atoms with Gasteiger partial charge < -0.3 is 31.9 Å². The predicted molar refractivity (Wildman–Crippen MR) is 106 cm³/mol. The van der Waals surface area contributed by atoms with Crippen LogP contribution in [0.15, 0.2) is 0 Å². The maximum absolute atomic E-state index is 10.9. The number of amides is 3. The number of ether oxygens (including phenoxy) is 1. The summed E-state index contributed by atoms with van der Waals surface area (Å²) in [4.78, 5) is 46.2. The van der Waals surface area contributed by atoms with Crippen LogP contribution in [0.1, 0.15) is 71.6 Å². The van der Waals surface area contributed by atoms with Crippen molar-refractivity contribution in [2.45, 2.75) is 71.6 Å². The van der Waals surface area contributed by atoms with Crippen molar-refractivity contribution in [2.24, 2.45) is 17.2 Å². The Morgan fingerprint density at radius 1 is 0.800 bits per heavy atom. The number of carbonyl (C=O) groups excluding carboxylic acids is 4. The largest absolute Gasteiger partial charge is 1.00 e. The fourth-order valence-electron chi connectivity index (χ4n) is 1.72. The zero-order chi connectivity index (χ0) is 22.9. The molecule has 0 rings (SSSR count). The number of carbonyl (C=O) groups is 4. The summed E-state index contributed by atoms with van der Waals surface area (Å²) < 4.78 is 4.47. The third kappa shape index (κ3) is 41.6. The minimum atomic E-state index is -0.759. The third-order valence-electron chi connectivity index (χ3n) is 3.01. The van der Waals surface area contributed by atoms with Gasteiger partial charge in [-0.15, -0.1) is 6.61 Å². The Kier molecular flexibility index (Phi) is 37.1. The molecule has 0 aliphatic carbocycles. The van der Waals surface area contributed by atoms with E-state index in [1.807, 2.05) is 13.8 Å². The Morgan fingerprint density at radius 2 is 1.27 bits per heavy atom. The first-order chi connectivity index (χ1) is 13.8. The first-order valence-corrected chi connectivity index (χ1v) is 9.79. The summed E-state index contributed by atoms with van der Waals surface area (Å²) >= 11 is 0. The van der Waals surface area contributed by atoms with E-state index in [0.717, 1.165) is 25.7 Å². The number of hydrogen-bond donors (Lipinski definition) is 4. The van der Waals surface area contributed by atoms with E-state index < -0.39 is 6.09 Å². The van der Waals surface area contributed by atoms with E-state index in [-0.39, 0.29) is 88.7 Å². The zero-order valence-corrected chi connectivity index (χ0v) is 21.7. The number of primary amides is 3. The Hall–Kier alpha value is -0.764. The number of nitrogens with two attached hydrogens (primary N) is 3. The second-order valence-electron chi connectivity index (χ2n) is 5.54. The fourth-order valence-corrected chi connectivity index (χ4v) is 1.72. The van der Waals surface area contributed by atoms with Crippen molar-refractivity contribution in [3.63, 3.8) is 0 Å². The minimum absolute atomic E-state index is 0. The SMILES string of the molecule is CC.NC(=O)CCCCCC(=O)ONCC[O-].NC(=O)CCCCCOC(N)=O.[K+]. The maximum atomic E-state index is 10.9. The molecule has 0 bridgehead atoms. The molecule has 0 aromatic rings. The van der Waals surface area contributed by atoms with Crippen LogP contribution in [0.2, 0.25) is 0 Å². The van der Waals surface area contributed by atoms with Crippen LogP contribution >= 0.6 is 0 Å². The standard InChI is InChI=1S/C9H17N2O4.C7H14N2O3.C2H6.K/c10-8(13)4-2-1-3-5-9(14)15-11-6-7-12;8-6(10)4-2-1-3-5-12-7(9)11;1-2;/h11H,1-7H2,(H2,10,13);1-5H2,(H2,8,10)(H2,9,11);1-2H3;/q-1;;;+1. The van der Waals surface area contributed by atoms with E-state index in [1.165, 1.54) is 0 Å². The molecule has 0 fully saturated rings. The molecule has 0 heterocycles. The first-order valence-electron chi connectivity index (χ1n) is 9.79. The Morgan fingerprint density at radius 3 is 1.70 bits per heavy atom. The molecule has 0 saturated carbocycles. The second-order valence-corrected chi connectivity index (χ2v) is 5.54. The summed E-state index contributed by atoms with van der Waals surface area (Å²) in [6, 6.07) is 0. The van der Waals surface area contributed by atoms with Gasteiger partial charge in [0.05, 0.1) is 6.61 Å². The summed E-state index contributed by atoms with van der Waals surface area (Å²) in [6.07, 6.45) is 4.64. The molecule has 0 atom stereocenters. The van der Waals surface area contributed by atoms with Crippen LogP contribution in [0.5, 0.6) is 0 Å². The molecule has 12 heteroatoms. The molecule has 7 N–H and O–H groups in total. The number of nitrogens with one attached hydrogen (secondary N) is 1. The molecule has 11 nitrogen and oxygen atoms in total. The smallest absolute Gasteiger partial charge is 0.853 e. The van der Waals surface area contributed by atoms with Crippen molar-refractivity contribution < 1.29 is 85.2 Å². The summed E-state index contributed by atoms with van der Waals surface area (Å²) in [6.45, 7) is 4.10. The van der Waals surface area contributed by atoms with Crippen molar-refractivity contribution in [2.75, 3.05) is 19.8 Å². The van der Waals surface area contributed by atoms with Crippen molar-refractivity contribution >= 4 is 23.9 Å². The molecule has 3 amide bonds. The van der Waals surface area contributed by atoms with Crippen molar-refractivity contribution in [1.82, 2.24) is 5.48 Å². The maximum Gasteiger partial charge on any atom is 1.00 e. The Labute approximate surface area is 221 Å². The minimum Gasteiger partial charge on any atom is -0.853 e. The summed E-state index contributed by atoms with van der Waals surface area (Å²) in [5, 5.41) is 9.98. The van der Waals surface area contributed by atoms with Crippen molar-refractivity contribution in [3.05, 3.63) is 0 Å². The monoisotopic (exact) mass is 460 g/mol. The van der Waals surface area contributed by atoms with Gasteiger partial charge in [0.1, 0.15) is 0 Å². The van der Waals surface area contributed by atoms with Gasteiger partial charge in [-0.25, -0.2) is 4.79 Å². The zero-order valence-electron chi connectivity index (χ0n) is 18.6. The average Bonchev–Trinajstić information content (AvgIpc) is 2.66. The quantitative estimate of drug-likeness (QED) is 0.112. The predicted octanol–water partition coefficient (Wildman–Crippen LogP) is -3.01. The van der Waals surface area contributed by atoms with Crippen LogP contribution in [-0.2, 0) is 24.0 Å². The molecule has 0 unspecified atom stereocenters. The van der Waals surface area contributed by atoms with Crippen molar-refractivity contribution in [1.29, 1.82) is 0 Å². The summed E-state index contributed by atoms with van der Waals surface area (Å²) in [5.74, 6) is -1.01. The van der Waals surface area contributed by atoms with Gasteiger partial charge in [0.2, 0.25) is 11.8 Å². The summed E-state index contributed by atoms with van der Waals surface area (Å²) in [5.41, 5.74) is 16.8. The molecule has 0 radical (unpaired) electrons. The molecule has 0 aliphatic rings. The van der Waals surface area contributed by atoms with Gasteiger partial charge >= 0.3 is 63.4 Å². The van der Waals surface area contributed by atoms with Gasteiger partial charge in [0.25, 0.3) is 0 Å². The molecular formula is C18H37KN4O7. The molecule has 0 spiro atoms. The van der Waals surface area contributed by atoms with Gasteiger partial charge in [0, 0.05) is 25.8 Å². The number of rotatable bonds is 15. The molecule has 30 heavy (non-hydrogen) atoms. The van der Waals surface area contributed by atoms with Crippen LogP contribution in [0.4, 0.5) is 4.79 Å². The van der Waals surface area contributed by atoms with E-state index >= 15 is 0 Å². The van der Waals surface area contributed by atoms with Crippen LogP contribution in [0.3, 0.4) is 0 Å². The molecule has 0 saturated heterocycles. The normalized spacial score (nSPS) is 8.90. The van der Waals surface area contributed by atoms with E-state index in [9.17, 15) is 24.3 Å². The third-order valence-corrected chi connectivity index (χ3v) is 3.01. The fraction of sp³-hybridized carbons (Fsp3) is 0.778. The number of hydrogen-bond acceptors (Lipinski definition) is 8. The Bertz CT molecular complexity index is 423. The van der Waals surface area contributed by atoms with Crippen LogP contribution in [-0.4, -0.2) is 43.6 Å².